The monoisotopic (exact) mass is 421 g/mol. The summed E-state index contributed by atoms with van der Waals surface area (Å²) in [5.41, 5.74) is 3.54. The number of thiazole rings is 1. The zero-order valence-corrected chi connectivity index (χ0v) is 18.0. The summed E-state index contributed by atoms with van der Waals surface area (Å²) in [6.45, 7) is 2.14. The van der Waals surface area contributed by atoms with Crippen LogP contribution in [-0.2, 0) is 4.79 Å². The smallest absolute Gasteiger partial charge is 0.191 e. The van der Waals surface area contributed by atoms with Crippen LogP contribution >= 0.6 is 11.3 Å². The third kappa shape index (κ3) is 3.96. The Morgan fingerprint density at radius 2 is 1.53 bits per heavy atom. The van der Waals surface area contributed by atoms with E-state index in [0.29, 0.717) is 18.8 Å². The number of piperazine rings is 1. The highest BCUT2D eigenvalue weighted by Crippen LogP contribution is 2.42. The predicted octanol–water partition coefficient (Wildman–Crippen LogP) is 3.96. The molecule has 6 nitrogen and oxygen atoms in total. The minimum Gasteiger partial charge on any atom is -0.497 e. The molecule has 1 aliphatic heterocycles. The van der Waals surface area contributed by atoms with E-state index in [4.69, 9.17) is 14.5 Å². The number of benzene rings is 2. The first kappa shape index (κ1) is 20.2. The van der Waals surface area contributed by atoms with Crippen LogP contribution in [0.2, 0.25) is 0 Å². The average molecular weight is 422 g/mol. The Bertz CT molecular complexity index is 1010. The Kier molecular flexibility index (Phi) is 5.86. The van der Waals surface area contributed by atoms with E-state index in [9.17, 15) is 4.79 Å². The number of hydrogen-bond acceptors (Lipinski definition) is 7. The van der Waals surface area contributed by atoms with Crippen molar-refractivity contribution in [3.63, 3.8) is 0 Å². The van der Waals surface area contributed by atoms with E-state index in [1.807, 2.05) is 60.5 Å². The van der Waals surface area contributed by atoms with Gasteiger partial charge in [0, 0.05) is 25.2 Å². The van der Waals surface area contributed by atoms with Gasteiger partial charge in [0.2, 0.25) is 0 Å². The van der Waals surface area contributed by atoms with Crippen LogP contribution in [0.4, 0.5) is 5.13 Å². The fourth-order valence-corrected chi connectivity index (χ4v) is 4.58. The minimum absolute atomic E-state index is 0.568. The van der Waals surface area contributed by atoms with Crippen molar-refractivity contribution in [3.8, 4) is 33.2 Å². The van der Waals surface area contributed by atoms with Crippen LogP contribution in [0.25, 0.3) is 21.7 Å². The number of rotatable bonds is 5. The lowest BCUT2D eigenvalue weighted by molar-refractivity contribution is 0.341. The summed E-state index contributed by atoms with van der Waals surface area (Å²) in [5, 5.41) is 0.804. The molecule has 1 saturated heterocycles. The molecule has 3 aromatic rings. The van der Waals surface area contributed by atoms with Gasteiger partial charge in [-0.3, -0.25) is 4.90 Å². The molecule has 0 bridgehead atoms. The Balaban J connectivity index is 1.81. The predicted molar refractivity (Wildman–Crippen MR) is 120 cm³/mol. The van der Waals surface area contributed by atoms with Crippen molar-refractivity contribution in [1.29, 1.82) is 0 Å². The number of ether oxygens (including phenoxy) is 2. The van der Waals surface area contributed by atoms with Gasteiger partial charge in [0.1, 0.15) is 23.1 Å². The Morgan fingerprint density at radius 1 is 0.933 bits per heavy atom. The molecule has 1 aromatic heterocycles. The second-order valence-electron chi connectivity index (χ2n) is 7.07. The van der Waals surface area contributed by atoms with E-state index in [0.717, 1.165) is 44.9 Å². The van der Waals surface area contributed by atoms with Crippen molar-refractivity contribution in [2.75, 3.05) is 45.8 Å². The molecular formula is C23H23N3O3S. The van der Waals surface area contributed by atoms with Gasteiger partial charge in [0.15, 0.2) is 5.13 Å². The molecule has 1 fully saturated rings. The van der Waals surface area contributed by atoms with Crippen molar-refractivity contribution >= 4 is 22.4 Å². The molecule has 2 heterocycles. The maximum absolute atomic E-state index is 11.6. The second kappa shape index (κ2) is 8.71. The number of nitrogens with zero attached hydrogens (tertiary/aromatic N) is 3. The van der Waals surface area contributed by atoms with Crippen molar-refractivity contribution in [3.05, 3.63) is 54.2 Å². The fourth-order valence-electron chi connectivity index (χ4n) is 3.43. The Labute approximate surface area is 180 Å². The van der Waals surface area contributed by atoms with Gasteiger partial charge in [-0.1, -0.05) is 11.3 Å². The normalized spacial score (nSPS) is 14.5. The summed E-state index contributed by atoms with van der Waals surface area (Å²) < 4.78 is 10.6. The lowest BCUT2D eigenvalue weighted by Crippen LogP contribution is -2.43. The third-order valence-electron chi connectivity index (χ3n) is 5.13. The van der Waals surface area contributed by atoms with Crippen molar-refractivity contribution in [2.24, 2.45) is 0 Å². The van der Waals surface area contributed by atoms with Crippen LogP contribution in [0.3, 0.4) is 0 Å². The molecule has 7 heteroatoms. The second-order valence-corrected chi connectivity index (χ2v) is 8.05. The molecule has 30 heavy (non-hydrogen) atoms. The minimum atomic E-state index is 0.568. The van der Waals surface area contributed by atoms with Crippen LogP contribution in [-0.4, -0.2) is 56.7 Å². The van der Waals surface area contributed by atoms with E-state index in [-0.39, 0.29) is 0 Å². The van der Waals surface area contributed by atoms with E-state index in [2.05, 4.69) is 10.8 Å². The molecular weight excluding hydrogens is 398 g/mol. The largest absolute Gasteiger partial charge is 0.497 e. The fraction of sp³-hybridized carbons (Fsp3) is 0.261. The summed E-state index contributed by atoms with van der Waals surface area (Å²) in [6.07, 6.45) is 0. The topological polar surface area (TPSA) is 54.9 Å². The van der Waals surface area contributed by atoms with Gasteiger partial charge in [0.25, 0.3) is 0 Å². The first-order chi connectivity index (χ1) is 14.6. The summed E-state index contributed by atoms with van der Waals surface area (Å²) in [4.78, 5) is 21.7. The van der Waals surface area contributed by atoms with Gasteiger partial charge in [-0.15, -0.1) is 0 Å². The van der Waals surface area contributed by atoms with Gasteiger partial charge in [-0.25, -0.2) is 9.78 Å². The van der Waals surface area contributed by atoms with E-state index >= 15 is 0 Å². The highest BCUT2D eigenvalue weighted by atomic mass is 32.1. The Hall–Kier alpha value is -3.12. The molecule has 0 saturated carbocycles. The number of likely N-dealkylation sites (N-methyl/N-ethyl adjacent to an activating group) is 1. The number of carbonyl (C=O) groups excluding carboxylic acids is 1. The molecule has 0 amide bonds. The van der Waals surface area contributed by atoms with Crippen molar-refractivity contribution < 1.29 is 14.3 Å². The van der Waals surface area contributed by atoms with Crippen LogP contribution < -0.4 is 14.4 Å². The van der Waals surface area contributed by atoms with E-state index in [1.165, 1.54) is 0 Å². The van der Waals surface area contributed by atoms with Crippen LogP contribution in [0.5, 0.6) is 11.5 Å². The average Bonchev–Trinajstić information content (AvgIpc) is 3.24. The molecule has 154 valence electrons. The molecule has 1 aliphatic rings. The van der Waals surface area contributed by atoms with Gasteiger partial charge in [-0.2, -0.15) is 0 Å². The molecule has 0 N–H and O–H groups in total. The summed E-state index contributed by atoms with van der Waals surface area (Å²) in [6, 6.07) is 15.8. The van der Waals surface area contributed by atoms with Gasteiger partial charge >= 0.3 is 0 Å². The Morgan fingerprint density at radius 3 is 2.10 bits per heavy atom. The standard InChI is InChI=1S/C23H23N3O3S/c1-25-12-13-26(18(14-25)15-27)23-24-21(16-4-8-19(28-2)9-5-16)22(30-23)17-6-10-20(29-3)11-7-17/h4-11H,12-14H2,1-3H3. The molecule has 0 spiro atoms. The zero-order valence-electron chi connectivity index (χ0n) is 17.2. The highest BCUT2D eigenvalue weighted by molar-refractivity contribution is 7.19. The SMILES string of the molecule is COc1ccc(-c2nc(N3CCN(C)CC3=C=O)sc2-c2ccc(OC)cc2)cc1. The lowest BCUT2D eigenvalue weighted by Gasteiger charge is -2.32. The zero-order chi connectivity index (χ0) is 21.1. The molecule has 2 aromatic carbocycles. The molecule has 0 aliphatic carbocycles. The molecule has 0 atom stereocenters. The van der Waals surface area contributed by atoms with Crippen LogP contribution in [0.1, 0.15) is 0 Å². The maximum Gasteiger partial charge on any atom is 0.191 e. The lowest BCUT2D eigenvalue weighted by atomic mass is 10.1. The van der Waals surface area contributed by atoms with Crippen LogP contribution in [0.15, 0.2) is 54.2 Å². The molecule has 0 radical (unpaired) electrons. The summed E-state index contributed by atoms with van der Waals surface area (Å²) in [5.74, 6) is 3.71. The summed E-state index contributed by atoms with van der Waals surface area (Å²) >= 11 is 1.58. The van der Waals surface area contributed by atoms with Crippen LogP contribution in [0, 0.1) is 0 Å². The van der Waals surface area contributed by atoms with Gasteiger partial charge in [-0.05, 0) is 61.1 Å². The number of methoxy groups -OCH3 is 2. The number of hydrogen-bond donors (Lipinski definition) is 0. The molecule has 0 unspecified atom stereocenters. The van der Waals surface area contributed by atoms with Gasteiger partial charge in [0.05, 0.1) is 24.8 Å². The van der Waals surface area contributed by atoms with E-state index < -0.39 is 0 Å². The van der Waals surface area contributed by atoms with Crippen molar-refractivity contribution in [1.82, 2.24) is 9.88 Å². The molecule has 4 rings (SSSR count). The van der Waals surface area contributed by atoms with E-state index in [1.54, 1.807) is 25.6 Å². The number of anilines is 1. The first-order valence-electron chi connectivity index (χ1n) is 9.62. The summed E-state index contributed by atoms with van der Waals surface area (Å²) in [7, 11) is 5.31. The maximum atomic E-state index is 11.6. The quantitative estimate of drug-likeness (QED) is 0.581. The first-order valence-corrected chi connectivity index (χ1v) is 10.4. The van der Waals surface area contributed by atoms with Gasteiger partial charge < -0.3 is 14.4 Å². The van der Waals surface area contributed by atoms with Crippen molar-refractivity contribution in [2.45, 2.75) is 0 Å². The number of aromatic nitrogens is 1. The highest BCUT2D eigenvalue weighted by Gasteiger charge is 2.26. The third-order valence-corrected chi connectivity index (χ3v) is 6.26.